The first kappa shape index (κ1) is 17.0. The van der Waals surface area contributed by atoms with E-state index in [1.54, 1.807) is 11.8 Å². The minimum Gasteiger partial charge on any atom is -0.469 e. The highest BCUT2D eigenvalue weighted by Crippen LogP contribution is 2.22. The van der Waals surface area contributed by atoms with Gasteiger partial charge in [-0.1, -0.05) is 6.92 Å². The number of amides is 3. The number of likely N-dealkylation sites (tertiary alicyclic amines) is 1. The summed E-state index contributed by atoms with van der Waals surface area (Å²) in [5.41, 5.74) is 0.753. The molecule has 0 saturated carbocycles. The number of hydrogen-bond acceptors (Lipinski definition) is 3. The lowest BCUT2D eigenvalue weighted by Crippen LogP contribution is -2.32. The Balaban J connectivity index is 1.71. The molecule has 2 aromatic rings. The number of anilines is 2. The summed E-state index contributed by atoms with van der Waals surface area (Å²) in [4.78, 5) is 26.1. The fourth-order valence-electron chi connectivity index (χ4n) is 2.83. The van der Waals surface area contributed by atoms with E-state index in [9.17, 15) is 14.0 Å². The fourth-order valence-corrected chi connectivity index (χ4v) is 2.83. The van der Waals surface area contributed by atoms with Crippen LogP contribution in [-0.2, 0) is 0 Å². The van der Waals surface area contributed by atoms with Crippen molar-refractivity contribution in [3.05, 3.63) is 47.7 Å². The number of halogens is 1. The third-order valence-electron chi connectivity index (χ3n) is 4.28. The van der Waals surface area contributed by atoms with Crippen LogP contribution in [0.3, 0.4) is 0 Å². The van der Waals surface area contributed by atoms with Crippen LogP contribution in [0.25, 0.3) is 0 Å². The Morgan fingerprint density at radius 1 is 1.28 bits per heavy atom. The third kappa shape index (κ3) is 3.81. The lowest BCUT2D eigenvalue weighted by Gasteiger charge is -2.17. The van der Waals surface area contributed by atoms with Crippen molar-refractivity contribution in [2.45, 2.75) is 20.3 Å². The average Bonchev–Trinajstić information content (AvgIpc) is 3.19. The van der Waals surface area contributed by atoms with Crippen molar-refractivity contribution in [3.8, 4) is 0 Å². The molecule has 1 aromatic carbocycles. The highest BCUT2D eigenvalue weighted by atomic mass is 19.1. The van der Waals surface area contributed by atoms with Crippen LogP contribution in [0.1, 0.15) is 29.5 Å². The smallest absolute Gasteiger partial charge is 0.321 e. The predicted octanol–water partition coefficient (Wildman–Crippen LogP) is 3.85. The van der Waals surface area contributed by atoms with E-state index in [-0.39, 0.29) is 11.7 Å². The van der Waals surface area contributed by atoms with Crippen molar-refractivity contribution >= 4 is 23.3 Å². The Kier molecular flexibility index (Phi) is 4.74. The van der Waals surface area contributed by atoms with Crippen molar-refractivity contribution in [2.24, 2.45) is 5.92 Å². The van der Waals surface area contributed by atoms with Gasteiger partial charge in [0.25, 0.3) is 5.91 Å². The van der Waals surface area contributed by atoms with Gasteiger partial charge >= 0.3 is 6.03 Å². The number of carbonyl (C=O) groups is 2. The van der Waals surface area contributed by atoms with Crippen LogP contribution in [0.15, 0.2) is 34.9 Å². The molecule has 1 aromatic heterocycles. The lowest BCUT2D eigenvalue weighted by molar-refractivity contribution is 0.102. The molecule has 1 atom stereocenters. The molecule has 6 nitrogen and oxygen atoms in total. The zero-order chi connectivity index (χ0) is 18.0. The van der Waals surface area contributed by atoms with E-state index in [1.807, 2.05) is 0 Å². The largest absolute Gasteiger partial charge is 0.469 e. The van der Waals surface area contributed by atoms with E-state index in [2.05, 4.69) is 17.6 Å². The monoisotopic (exact) mass is 345 g/mol. The van der Waals surface area contributed by atoms with Gasteiger partial charge in [0.2, 0.25) is 0 Å². The van der Waals surface area contributed by atoms with Crippen LogP contribution in [0.2, 0.25) is 0 Å². The topological polar surface area (TPSA) is 74.6 Å². The number of benzene rings is 1. The number of furan rings is 1. The molecule has 0 unspecified atom stereocenters. The summed E-state index contributed by atoms with van der Waals surface area (Å²) in [5.74, 6) is -0.123. The summed E-state index contributed by atoms with van der Waals surface area (Å²) in [5, 5.41) is 5.25. The van der Waals surface area contributed by atoms with Crippen LogP contribution in [0, 0.1) is 18.7 Å². The normalized spacial score (nSPS) is 16.8. The summed E-state index contributed by atoms with van der Waals surface area (Å²) in [7, 11) is 0. The molecule has 7 heteroatoms. The van der Waals surface area contributed by atoms with Gasteiger partial charge in [-0.25, -0.2) is 9.18 Å². The van der Waals surface area contributed by atoms with Crippen LogP contribution in [0.5, 0.6) is 0 Å². The highest BCUT2D eigenvalue weighted by molar-refractivity contribution is 6.05. The Morgan fingerprint density at radius 3 is 2.72 bits per heavy atom. The first-order valence-electron chi connectivity index (χ1n) is 8.15. The van der Waals surface area contributed by atoms with Crippen LogP contribution < -0.4 is 10.6 Å². The second-order valence-electron chi connectivity index (χ2n) is 6.31. The fraction of sp³-hybridized carbons (Fsp3) is 0.333. The number of rotatable bonds is 3. The van der Waals surface area contributed by atoms with Crippen molar-refractivity contribution in [1.29, 1.82) is 0 Å². The van der Waals surface area contributed by atoms with E-state index in [4.69, 9.17) is 4.42 Å². The van der Waals surface area contributed by atoms with E-state index in [0.29, 0.717) is 36.0 Å². The average molecular weight is 345 g/mol. The van der Waals surface area contributed by atoms with E-state index >= 15 is 0 Å². The Bertz CT molecular complexity index is 803. The standard InChI is InChI=1S/C18H20FN3O3/c1-11-5-7-22(10-11)18(24)20-13-3-4-15(19)16(9-13)21-17(23)14-6-8-25-12(14)2/h3-4,6,8-9,11H,5,7,10H2,1-2H3,(H,20,24)(H,21,23)/t11-/m0/s1. The molecule has 1 saturated heterocycles. The number of carbonyl (C=O) groups excluding carboxylic acids is 2. The van der Waals surface area contributed by atoms with Gasteiger partial charge in [0, 0.05) is 18.8 Å². The SMILES string of the molecule is Cc1occc1C(=O)Nc1cc(NC(=O)N2CC[C@H](C)C2)ccc1F. The molecule has 0 aliphatic carbocycles. The van der Waals surface area contributed by atoms with E-state index in [0.717, 1.165) is 6.42 Å². The molecule has 1 aliphatic rings. The first-order valence-corrected chi connectivity index (χ1v) is 8.15. The van der Waals surface area contributed by atoms with Crippen molar-refractivity contribution in [2.75, 3.05) is 23.7 Å². The number of urea groups is 1. The van der Waals surface area contributed by atoms with Crippen LogP contribution >= 0.6 is 0 Å². The lowest BCUT2D eigenvalue weighted by atomic mass is 10.2. The predicted molar refractivity (Wildman–Crippen MR) is 92.2 cm³/mol. The number of nitrogens with zero attached hydrogens (tertiary/aromatic N) is 1. The Morgan fingerprint density at radius 2 is 2.08 bits per heavy atom. The molecule has 2 heterocycles. The maximum atomic E-state index is 14.0. The van der Waals surface area contributed by atoms with Crippen LogP contribution in [0.4, 0.5) is 20.6 Å². The summed E-state index contributed by atoms with van der Waals surface area (Å²) in [6.45, 7) is 5.16. The van der Waals surface area contributed by atoms with E-state index in [1.165, 1.54) is 30.5 Å². The number of hydrogen-bond donors (Lipinski definition) is 2. The minimum atomic E-state index is -0.581. The molecule has 1 fully saturated rings. The van der Waals surface area contributed by atoms with Gasteiger partial charge in [0.05, 0.1) is 17.5 Å². The molecule has 1 aliphatic heterocycles. The van der Waals surface area contributed by atoms with Gasteiger partial charge in [-0.15, -0.1) is 0 Å². The summed E-state index contributed by atoms with van der Waals surface area (Å²) < 4.78 is 19.1. The Labute approximate surface area is 145 Å². The number of aryl methyl sites for hydroxylation is 1. The highest BCUT2D eigenvalue weighted by Gasteiger charge is 2.23. The molecular formula is C18H20FN3O3. The second kappa shape index (κ2) is 6.96. The third-order valence-corrected chi connectivity index (χ3v) is 4.28. The molecule has 132 valence electrons. The van der Waals surface area contributed by atoms with Crippen LogP contribution in [-0.4, -0.2) is 29.9 Å². The van der Waals surface area contributed by atoms with Gasteiger partial charge in [0.1, 0.15) is 11.6 Å². The number of nitrogens with one attached hydrogen (secondary N) is 2. The van der Waals surface area contributed by atoms with Crippen molar-refractivity contribution in [3.63, 3.8) is 0 Å². The quantitative estimate of drug-likeness (QED) is 0.887. The van der Waals surface area contributed by atoms with E-state index < -0.39 is 11.7 Å². The van der Waals surface area contributed by atoms with Gasteiger partial charge in [-0.05, 0) is 43.5 Å². The Hall–Kier alpha value is -2.83. The van der Waals surface area contributed by atoms with Crippen molar-refractivity contribution in [1.82, 2.24) is 4.90 Å². The molecule has 25 heavy (non-hydrogen) atoms. The van der Waals surface area contributed by atoms with Crippen molar-refractivity contribution < 1.29 is 18.4 Å². The molecule has 2 N–H and O–H groups in total. The summed E-state index contributed by atoms with van der Waals surface area (Å²) in [6, 6.07) is 5.37. The minimum absolute atomic E-state index is 0.00168. The zero-order valence-electron chi connectivity index (χ0n) is 14.1. The summed E-state index contributed by atoms with van der Waals surface area (Å²) in [6.07, 6.45) is 2.37. The zero-order valence-corrected chi connectivity index (χ0v) is 14.1. The maximum Gasteiger partial charge on any atom is 0.321 e. The van der Waals surface area contributed by atoms with Gasteiger partial charge in [-0.2, -0.15) is 0 Å². The van der Waals surface area contributed by atoms with Gasteiger partial charge in [0.15, 0.2) is 0 Å². The molecule has 0 spiro atoms. The first-order chi connectivity index (χ1) is 11.9. The van der Waals surface area contributed by atoms with Gasteiger partial charge < -0.3 is 20.0 Å². The van der Waals surface area contributed by atoms with Gasteiger partial charge in [-0.3, -0.25) is 4.79 Å². The molecular weight excluding hydrogens is 325 g/mol. The summed E-state index contributed by atoms with van der Waals surface area (Å²) >= 11 is 0. The molecule has 0 bridgehead atoms. The maximum absolute atomic E-state index is 14.0. The molecule has 0 radical (unpaired) electrons. The second-order valence-corrected chi connectivity index (χ2v) is 6.31. The molecule has 3 amide bonds. The molecule has 3 rings (SSSR count).